The molecule has 0 aliphatic heterocycles. The Labute approximate surface area is 72.1 Å². The Kier molecular flexibility index (Phi) is 4.69. The molecule has 0 saturated carbocycles. The summed E-state index contributed by atoms with van der Waals surface area (Å²) in [5.74, 6) is 0. The predicted molar refractivity (Wildman–Crippen MR) is 55.7 cm³/mol. The summed E-state index contributed by atoms with van der Waals surface area (Å²) in [6, 6.07) is 2.61. The molecule has 0 fully saturated rings. The Morgan fingerprint density at radius 3 is 2.27 bits per heavy atom. The van der Waals surface area contributed by atoms with Crippen LogP contribution in [-0.4, -0.2) is 33.2 Å². The summed E-state index contributed by atoms with van der Waals surface area (Å²) in [5, 5.41) is 0. The van der Waals surface area contributed by atoms with E-state index < -0.39 is 8.07 Å². The number of hydrogen-bond donors (Lipinski definition) is 0. The molecule has 0 aliphatic rings. The van der Waals surface area contributed by atoms with Crippen molar-refractivity contribution in [3.63, 3.8) is 0 Å². The molecule has 0 aromatic rings. The van der Waals surface area contributed by atoms with Gasteiger partial charge in [0.25, 0.3) is 0 Å². The topological polar surface area (TPSA) is 3.24 Å². The molecule has 1 nitrogen and oxygen atoms in total. The molecule has 11 heavy (non-hydrogen) atoms. The van der Waals surface area contributed by atoms with Crippen LogP contribution in [-0.2, 0) is 0 Å². The van der Waals surface area contributed by atoms with Crippen LogP contribution in [0.1, 0.15) is 6.92 Å². The van der Waals surface area contributed by atoms with E-state index in [0.717, 1.165) is 0 Å². The van der Waals surface area contributed by atoms with Gasteiger partial charge in [-0.2, -0.15) is 0 Å². The predicted octanol–water partition coefficient (Wildman–Crippen LogP) is 2.37. The minimum Gasteiger partial charge on any atom is -0.312 e. The van der Waals surface area contributed by atoms with Gasteiger partial charge in [0.05, 0.1) is 8.07 Å². The van der Waals surface area contributed by atoms with Crippen molar-refractivity contribution < 1.29 is 0 Å². The third kappa shape index (κ3) is 4.38. The highest BCUT2D eigenvalue weighted by atomic mass is 28.3. The third-order valence-corrected chi connectivity index (χ3v) is 6.57. The largest absolute Gasteiger partial charge is 0.312 e. The maximum Gasteiger partial charge on any atom is 0.0694 e. The average Bonchev–Trinajstić information content (AvgIpc) is 1.87. The maximum absolute atomic E-state index is 3.82. The lowest BCUT2D eigenvalue weighted by Crippen LogP contribution is -2.40. The molecule has 0 saturated heterocycles. The molecule has 66 valence electrons. The fourth-order valence-corrected chi connectivity index (χ4v) is 4.30. The zero-order chi connectivity index (χ0) is 8.91. The number of hydrogen-bond acceptors (Lipinski definition) is 1. The molecule has 0 rings (SSSR count). The van der Waals surface area contributed by atoms with Crippen molar-refractivity contribution in [2.24, 2.45) is 0 Å². The first kappa shape index (κ1) is 10.9. The molecule has 0 amide bonds. The van der Waals surface area contributed by atoms with Crippen LogP contribution in [0.2, 0.25) is 18.6 Å². The van der Waals surface area contributed by atoms with Crippen LogP contribution >= 0.6 is 0 Å². The van der Waals surface area contributed by atoms with Gasteiger partial charge in [0, 0.05) is 0 Å². The molecule has 1 atom stereocenters. The fourth-order valence-electron chi connectivity index (χ4n) is 1.43. The van der Waals surface area contributed by atoms with Gasteiger partial charge >= 0.3 is 0 Å². The molecule has 0 aliphatic carbocycles. The van der Waals surface area contributed by atoms with E-state index in [-0.39, 0.29) is 0 Å². The first-order valence-corrected chi connectivity index (χ1v) is 7.42. The first-order chi connectivity index (χ1) is 5.04. The SMILES string of the molecule is C=CC[Si](C)(CC)CN(C)C. The van der Waals surface area contributed by atoms with Gasteiger partial charge in [-0.1, -0.05) is 25.6 Å². The van der Waals surface area contributed by atoms with Gasteiger partial charge < -0.3 is 4.90 Å². The van der Waals surface area contributed by atoms with E-state index in [9.17, 15) is 0 Å². The molecular weight excluding hydrogens is 150 g/mol. The highest BCUT2D eigenvalue weighted by molar-refractivity contribution is 6.79. The van der Waals surface area contributed by atoms with Crippen LogP contribution in [0, 0.1) is 0 Å². The van der Waals surface area contributed by atoms with Crippen LogP contribution in [0.3, 0.4) is 0 Å². The van der Waals surface area contributed by atoms with E-state index >= 15 is 0 Å². The Morgan fingerprint density at radius 2 is 2.00 bits per heavy atom. The van der Waals surface area contributed by atoms with Crippen molar-refractivity contribution in [1.82, 2.24) is 4.90 Å². The van der Waals surface area contributed by atoms with Gasteiger partial charge in [-0.05, 0) is 26.3 Å². The van der Waals surface area contributed by atoms with Crippen molar-refractivity contribution in [2.45, 2.75) is 25.6 Å². The molecule has 1 unspecified atom stereocenters. The van der Waals surface area contributed by atoms with E-state index in [1.165, 1.54) is 18.3 Å². The second kappa shape index (κ2) is 4.73. The van der Waals surface area contributed by atoms with Gasteiger partial charge in [0.2, 0.25) is 0 Å². The van der Waals surface area contributed by atoms with Crippen molar-refractivity contribution in [3.05, 3.63) is 12.7 Å². The standard InChI is InChI=1S/C9H21NSi/c1-6-8-11(5,7-2)9-10(3)4/h6H,1,7-9H2,2-5H3. The Balaban J connectivity index is 3.97. The lowest BCUT2D eigenvalue weighted by Gasteiger charge is -2.27. The van der Waals surface area contributed by atoms with E-state index in [1.54, 1.807) is 0 Å². The summed E-state index contributed by atoms with van der Waals surface area (Å²) < 4.78 is 0. The van der Waals surface area contributed by atoms with Gasteiger partial charge in [-0.3, -0.25) is 0 Å². The first-order valence-electron chi connectivity index (χ1n) is 4.29. The normalized spacial score (nSPS) is 16.5. The highest BCUT2D eigenvalue weighted by Gasteiger charge is 2.23. The summed E-state index contributed by atoms with van der Waals surface area (Å²) in [5.41, 5.74) is 0. The Bertz CT molecular complexity index is 123. The van der Waals surface area contributed by atoms with Crippen molar-refractivity contribution in [1.29, 1.82) is 0 Å². The van der Waals surface area contributed by atoms with Gasteiger partial charge in [0.15, 0.2) is 0 Å². The molecule has 0 N–H and O–H groups in total. The quantitative estimate of drug-likeness (QED) is 0.453. The van der Waals surface area contributed by atoms with E-state index in [4.69, 9.17) is 0 Å². The molecule has 0 aromatic carbocycles. The molecule has 0 radical (unpaired) electrons. The summed E-state index contributed by atoms with van der Waals surface area (Å²) >= 11 is 0. The smallest absolute Gasteiger partial charge is 0.0694 e. The van der Waals surface area contributed by atoms with E-state index in [0.29, 0.717) is 0 Å². The third-order valence-electron chi connectivity index (χ3n) is 2.19. The summed E-state index contributed by atoms with van der Waals surface area (Å²) in [7, 11) is 3.33. The molecule has 0 aromatic heterocycles. The molecular formula is C9H21NSi. The zero-order valence-electron chi connectivity index (χ0n) is 8.35. The highest BCUT2D eigenvalue weighted by Crippen LogP contribution is 2.15. The monoisotopic (exact) mass is 171 g/mol. The zero-order valence-corrected chi connectivity index (χ0v) is 9.35. The minimum absolute atomic E-state index is 0.979. The van der Waals surface area contributed by atoms with Crippen LogP contribution < -0.4 is 0 Å². The fraction of sp³-hybridized carbons (Fsp3) is 0.778. The minimum atomic E-state index is -0.979. The Morgan fingerprint density at radius 1 is 1.45 bits per heavy atom. The number of nitrogens with zero attached hydrogens (tertiary/aromatic N) is 1. The Hall–Kier alpha value is -0.0831. The average molecular weight is 171 g/mol. The van der Waals surface area contributed by atoms with Crippen molar-refractivity contribution >= 4 is 8.07 Å². The number of rotatable bonds is 5. The van der Waals surface area contributed by atoms with E-state index in [2.05, 4.69) is 45.1 Å². The maximum atomic E-state index is 3.82. The molecule has 2 heteroatoms. The summed E-state index contributed by atoms with van der Waals surface area (Å²) in [4.78, 5) is 2.30. The second-order valence-electron chi connectivity index (χ2n) is 3.89. The van der Waals surface area contributed by atoms with Crippen molar-refractivity contribution in [2.75, 3.05) is 20.3 Å². The van der Waals surface area contributed by atoms with Crippen LogP contribution in [0.15, 0.2) is 12.7 Å². The van der Waals surface area contributed by atoms with Gasteiger partial charge in [-0.25, -0.2) is 0 Å². The van der Waals surface area contributed by atoms with Gasteiger partial charge in [-0.15, -0.1) is 6.58 Å². The van der Waals surface area contributed by atoms with E-state index in [1.807, 2.05) is 0 Å². The lowest BCUT2D eigenvalue weighted by atomic mass is 10.8. The van der Waals surface area contributed by atoms with Crippen molar-refractivity contribution in [3.8, 4) is 0 Å². The molecule has 0 bridgehead atoms. The lowest BCUT2D eigenvalue weighted by molar-refractivity contribution is 0.469. The number of allylic oxidation sites excluding steroid dienone is 1. The molecule has 0 spiro atoms. The summed E-state index contributed by atoms with van der Waals surface area (Å²) in [6.45, 7) is 8.57. The van der Waals surface area contributed by atoms with Crippen LogP contribution in [0.5, 0.6) is 0 Å². The summed E-state index contributed by atoms with van der Waals surface area (Å²) in [6.07, 6.45) is 3.37. The van der Waals surface area contributed by atoms with Crippen LogP contribution in [0.25, 0.3) is 0 Å². The second-order valence-corrected chi connectivity index (χ2v) is 8.95. The van der Waals surface area contributed by atoms with Crippen LogP contribution in [0.4, 0.5) is 0 Å². The van der Waals surface area contributed by atoms with Gasteiger partial charge in [0.1, 0.15) is 0 Å². The molecule has 0 heterocycles.